The van der Waals surface area contributed by atoms with Gasteiger partial charge >= 0.3 is 0 Å². The van der Waals surface area contributed by atoms with Crippen LogP contribution in [0, 0.1) is 17.2 Å². The van der Waals surface area contributed by atoms with Gasteiger partial charge in [-0.1, -0.05) is 45.0 Å². The highest BCUT2D eigenvalue weighted by atomic mass is 19.1. The number of amides is 1. The first kappa shape index (κ1) is 21.4. The van der Waals surface area contributed by atoms with Gasteiger partial charge < -0.3 is 4.90 Å². The molecule has 4 rings (SSSR count). The van der Waals surface area contributed by atoms with E-state index in [1.165, 1.54) is 12.1 Å². The van der Waals surface area contributed by atoms with Crippen LogP contribution in [-0.2, 0) is 11.3 Å². The molecule has 4 nitrogen and oxygen atoms in total. The number of hydrogen-bond donors (Lipinski definition) is 0. The Morgan fingerprint density at radius 3 is 2.23 bits per heavy atom. The maximum atomic E-state index is 13.5. The summed E-state index contributed by atoms with van der Waals surface area (Å²) in [5, 5.41) is 0. The highest BCUT2D eigenvalue weighted by Gasteiger charge is 2.49. The van der Waals surface area contributed by atoms with Gasteiger partial charge in [-0.25, -0.2) is 4.39 Å². The maximum absolute atomic E-state index is 13.5. The normalized spacial score (nSPS) is 23.9. The minimum Gasteiger partial charge on any atom is -0.308 e. The van der Waals surface area contributed by atoms with Crippen LogP contribution in [0.25, 0.3) is 0 Å². The highest BCUT2D eigenvalue weighted by Crippen LogP contribution is 2.47. The fourth-order valence-corrected chi connectivity index (χ4v) is 4.86. The van der Waals surface area contributed by atoms with Crippen LogP contribution in [0.4, 0.5) is 4.39 Å². The second-order valence-corrected chi connectivity index (χ2v) is 9.84. The molecule has 2 aromatic rings. The van der Waals surface area contributed by atoms with E-state index in [-0.39, 0.29) is 17.1 Å². The highest BCUT2D eigenvalue weighted by molar-refractivity contribution is 6.46. The van der Waals surface area contributed by atoms with Gasteiger partial charge in [-0.05, 0) is 66.8 Å². The summed E-state index contributed by atoms with van der Waals surface area (Å²) in [4.78, 5) is 31.4. The fourth-order valence-electron chi connectivity index (χ4n) is 4.86. The first-order valence-electron chi connectivity index (χ1n) is 10.9. The van der Waals surface area contributed by atoms with E-state index < -0.39 is 5.66 Å². The zero-order valence-electron chi connectivity index (χ0n) is 18.4. The van der Waals surface area contributed by atoms with Crippen molar-refractivity contribution in [3.63, 3.8) is 0 Å². The van der Waals surface area contributed by atoms with Crippen LogP contribution >= 0.6 is 0 Å². The molecule has 0 N–H and O–H groups in total. The van der Waals surface area contributed by atoms with E-state index in [1.54, 1.807) is 24.3 Å². The third kappa shape index (κ3) is 4.18. The molecule has 2 aromatic carbocycles. The third-order valence-corrected chi connectivity index (χ3v) is 6.86. The Morgan fingerprint density at radius 1 is 1.06 bits per heavy atom. The molecule has 1 fully saturated rings. The van der Waals surface area contributed by atoms with E-state index in [0.717, 1.165) is 37.5 Å². The molecular formula is C26H29FN2O2. The Balaban J connectivity index is 1.67. The van der Waals surface area contributed by atoms with Crippen LogP contribution in [0.2, 0.25) is 0 Å². The van der Waals surface area contributed by atoms with Crippen molar-refractivity contribution < 1.29 is 14.0 Å². The quantitative estimate of drug-likeness (QED) is 0.622. The molecule has 0 atom stereocenters. The lowest BCUT2D eigenvalue weighted by molar-refractivity contribution is -0.130. The Labute approximate surface area is 183 Å². The van der Waals surface area contributed by atoms with Crippen LogP contribution in [0.15, 0.2) is 53.5 Å². The first-order valence-corrected chi connectivity index (χ1v) is 10.9. The number of halogens is 1. The van der Waals surface area contributed by atoms with Gasteiger partial charge in [0.25, 0.3) is 5.91 Å². The van der Waals surface area contributed by atoms with Gasteiger partial charge in [0.2, 0.25) is 0 Å². The van der Waals surface area contributed by atoms with Gasteiger partial charge in [0.1, 0.15) is 23.5 Å². The molecule has 31 heavy (non-hydrogen) atoms. The van der Waals surface area contributed by atoms with E-state index in [4.69, 9.17) is 4.99 Å². The average molecular weight is 421 g/mol. The van der Waals surface area contributed by atoms with Crippen molar-refractivity contribution in [2.75, 3.05) is 0 Å². The summed E-state index contributed by atoms with van der Waals surface area (Å²) >= 11 is 0. The second-order valence-electron chi connectivity index (χ2n) is 9.84. The Kier molecular flexibility index (Phi) is 5.54. The summed E-state index contributed by atoms with van der Waals surface area (Å²) in [6.45, 7) is 7.26. The molecule has 162 valence electrons. The van der Waals surface area contributed by atoms with Gasteiger partial charge in [0, 0.05) is 17.7 Å². The lowest BCUT2D eigenvalue weighted by Crippen LogP contribution is -2.49. The van der Waals surface area contributed by atoms with E-state index >= 15 is 0 Å². The van der Waals surface area contributed by atoms with Crippen molar-refractivity contribution in [1.82, 2.24) is 4.90 Å². The minimum absolute atomic E-state index is 0.111. The molecule has 5 heteroatoms. The van der Waals surface area contributed by atoms with E-state index in [1.807, 2.05) is 17.0 Å². The lowest BCUT2D eigenvalue weighted by atomic mass is 9.69. The summed E-state index contributed by atoms with van der Waals surface area (Å²) < 4.78 is 13.4. The second kappa shape index (κ2) is 8.03. The fraction of sp³-hybridized carbons (Fsp3) is 0.423. The summed E-state index contributed by atoms with van der Waals surface area (Å²) in [7, 11) is 0. The monoisotopic (exact) mass is 420 g/mol. The van der Waals surface area contributed by atoms with Crippen molar-refractivity contribution in [3.05, 3.63) is 71.0 Å². The predicted octanol–water partition coefficient (Wildman–Crippen LogP) is 5.40. The van der Waals surface area contributed by atoms with Crippen LogP contribution in [0.5, 0.6) is 0 Å². The molecule has 0 unspecified atom stereocenters. The predicted molar refractivity (Wildman–Crippen MR) is 119 cm³/mol. The molecule has 1 aliphatic heterocycles. The molecule has 1 amide bonds. The summed E-state index contributed by atoms with van der Waals surface area (Å²) in [5.41, 5.74) is 2.31. The summed E-state index contributed by atoms with van der Waals surface area (Å²) in [6.07, 6.45) is 4.47. The molecule has 1 spiro atoms. The van der Waals surface area contributed by atoms with Crippen molar-refractivity contribution in [2.24, 2.45) is 16.3 Å². The number of aldehydes is 1. The topological polar surface area (TPSA) is 49.7 Å². The van der Waals surface area contributed by atoms with Crippen molar-refractivity contribution in [2.45, 2.75) is 58.7 Å². The third-order valence-electron chi connectivity index (χ3n) is 6.86. The minimum atomic E-state index is -0.564. The summed E-state index contributed by atoms with van der Waals surface area (Å²) in [5.74, 6) is 0.148. The molecular weight excluding hydrogens is 391 g/mol. The van der Waals surface area contributed by atoms with Gasteiger partial charge in [-0.15, -0.1) is 0 Å². The average Bonchev–Trinajstić information content (AvgIpc) is 3.00. The van der Waals surface area contributed by atoms with Crippen LogP contribution in [0.3, 0.4) is 0 Å². The van der Waals surface area contributed by atoms with E-state index in [9.17, 15) is 14.0 Å². The molecule has 1 saturated carbocycles. The zero-order valence-corrected chi connectivity index (χ0v) is 18.4. The Morgan fingerprint density at radius 2 is 1.68 bits per heavy atom. The molecule has 0 aromatic heterocycles. The van der Waals surface area contributed by atoms with E-state index in [0.29, 0.717) is 29.3 Å². The van der Waals surface area contributed by atoms with Crippen LogP contribution in [-0.4, -0.2) is 28.5 Å². The molecule has 0 saturated heterocycles. The van der Waals surface area contributed by atoms with Gasteiger partial charge in [-0.2, -0.15) is 0 Å². The van der Waals surface area contributed by atoms with Crippen LogP contribution < -0.4 is 0 Å². The number of benzene rings is 2. The van der Waals surface area contributed by atoms with Gasteiger partial charge in [0.15, 0.2) is 0 Å². The lowest BCUT2D eigenvalue weighted by Gasteiger charge is -2.44. The molecule has 0 radical (unpaired) electrons. The summed E-state index contributed by atoms with van der Waals surface area (Å²) in [6, 6.07) is 13.3. The van der Waals surface area contributed by atoms with Crippen molar-refractivity contribution in [3.8, 4) is 0 Å². The molecule has 2 aliphatic rings. The smallest absolute Gasteiger partial charge is 0.274 e. The SMILES string of the molecule is CC(C)(C)C1CCC2(CC1)N=C(c1ccc(F)cc1)C(=O)N2Cc1ccc(C=O)cc1. The number of nitrogens with zero attached hydrogens (tertiary/aromatic N) is 2. The Hall–Kier alpha value is -2.82. The molecule has 0 bridgehead atoms. The first-order chi connectivity index (χ1) is 14.7. The van der Waals surface area contributed by atoms with Gasteiger partial charge in [0.05, 0.1) is 0 Å². The van der Waals surface area contributed by atoms with Gasteiger partial charge in [-0.3, -0.25) is 14.6 Å². The number of hydrogen-bond acceptors (Lipinski definition) is 3. The largest absolute Gasteiger partial charge is 0.308 e. The maximum Gasteiger partial charge on any atom is 0.274 e. The standard InChI is InChI=1S/C26H29FN2O2/c1-25(2,3)21-12-14-26(15-13-21)28-23(20-8-10-22(27)11-9-20)24(31)29(26)16-18-4-6-19(17-30)7-5-18/h4-11,17,21H,12-16H2,1-3H3. The van der Waals surface area contributed by atoms with E-state index in [2.05, 4.69) is 20.8 Å². The molecule has 1 heterocycles. The number of carbonyl (C=O) groups is 2. The number of aliphatic imine (C=N–C) groups is 1. The van der Waals surface area contributed by atoms with Crippen molar-refractivity contribution in [1.29, 1.82) is 0 Å². The zero-order chi connectivity index (χ0) is 22.2. The number of rotatable bonds is 4. The Bertz CT molecular complexity index is 995. The molecule has 1 aliphatic carbocycles. The number of carbonyl (C=O) groups excluding carboxylic acids is 2. The van der Waals surface area contributed by atoms with Crippen molar-refractivity contribution >= 4 is 17.9 Å². The van der Waals surface area contributed by atoms with Crippen LogP contribution in [0.1, 0.15) is 67.9 Å².